The Hall–Kier alpha value is -2.02. The van der Waals surface area contributed by atoms with Gasteiger partial charge in [-0.1, -0.05) is 42.2 Å². The van der Waals surface area contributed by atoms with Crippen molar-refractivity contribution in [3.63, 3.8) is 0 Å². The molecule has 1 heterocycles. The summed E-state index contributed by atoms with van der Waals surface area (Å²) >= 11 is 0. The van der Waals surface area contributed by atoms with Crippen LogP contribution < -0.4 is 4.74 Å². The molecule has 2 aromatic rings. The number of benzene rings is 2. The number of rotatable bonds is 2. The highest BCUT2D eigenvalue weighted by atomic mass is 16.5. The van der Waals surface area contributed by atoms with E-state index in [1.54, 1.807) is 0 Å². The fraction of sp³-hybridized carbons (Fsp3) is 0.333. The van der Waals surface area contributed by atoms with Crippen molar-refractivity contribution in [3.05, 3.63) is 42.0 Å². The van der Waals surface area contributed by atoms with Crippen molar-refractivity contribution in [2.45, 2.75) is 18.9 Å². The maximum absolute atomic E-state index is 8.98. The molecule has 108 valence electrons. The van der Waals surface area contributed by atoms with E-state index in [0.717, 1.165) is 48.1 Å². The zero-order valence-electron chi connectivity index (χ0n) is 11.8. The van der Waals surface area contributed by atoms with Gasteiger partial charge in [-0.3, -0.25) is 0 Å². The van der Waals surface area contributed by atoms with Crippen LogP contribution in [0.5, 0.6) is 5.75 Å². The van der Waals surface area contributed by atoms with Gasteiger partial charge in [0, 0.05) is 18.2 Å². The topological polar surface area (TPSA) is 38.7 Å². The lowest BCUT2D eigenvalue weighted by Crippen LogP contribution is -2.26. The third kappa shape index (κ3) is 3.18. The van der Waals surface area contributed by atoms with Gasteiger partial charge in [0.1, 0.15) is 18.5 Å². The highest BCUT2D eigenvalue weighted by Crippen LogP contribution is 2.29. The summed E-state index contributed by atoms with van der Waals surface area (Å²) in [6.45, 7) is 1.34. The Morgan fingerprint density at radius 2 is 1.95 bits per heavy atom. The molecule has 1 aliphatic rings. The zero-order chi connectivity index (χ0) is 14.5. The summed E-state index contributed by atoms with van der Waals surface area (Å²) < 4.78 is 11.5. The molecular weight excluding hydrogens is 264 g/mol. The molecule has 0 bridgehead atoms. The minimum absolute atomic E-state index is 0.153. The Kier molecular flexibility index (Phi) is 4.40. The van der Waals surface area contributed by atoms with E-state index in [1.807, 2.05) is 30.3 Å². The average molecular weight is 282 g/mol. The van der Waals surface area contributed by atoms with Crippen molar-refractivity contribution < 1.29 is 14.6 Å². The van der Waals surface area contributed by atoms with Gasteiger partial charge in [-0.05, 0) is 11.5 Å². The molecule has 0 unspecified atom stereocenters. The molecule has 1 saturated heterocycles. The maximum atomic E-state index is 8.98. The third-order valence-corrected chi connectivity index (χ3v) is 3.65. The molecule has 3 rings (SSSR count). The molecule has 1 aliphatic heterocycles. The predicted molar refractivity (Wildman–Crippen MR) is 82.4 cm³/mol. The quantitative estimate of drug-likeness (QED) is 0.861. The Morgan fingerprint density at radius 1 is 1.14 bits per heavy atom. The van der Waals surface area contributed by atoms with E-state index in [9.17, 15) is 0 Å². The van der Waals surface area contributed by atoms with Crippen molar-refractivity contribution in [1.29, 1.82) is 0 Å². The van der Waals surface area contributed by atoms with Gasteiger partial charge in [-0.15, -0.1) is 0 Å². The van der Waals surface area contributed by atoms with Crippen LogP contribution in [-0.2, 0) is 4.74 Å². The van der Waals surface area contributed by atoms with Gasteiger partial charge in [0.2, 0.25) is 0 Å². The lowest BCUT2D eigenvalue weighted by atomic mass is 10.0. The second-order valence-electron chi connectivity index (χ2n) is 5.05. The Labute approximate surface area is 124 Å². The first-order valence-corrected chi connectivity index (χ1v) is 7.24. The predicted octanol–water partition coefficient (Wildman–Crippen LogP) is 2.74. The fourth-order valence-corrected chi connectivity index (χ4v) is 2.58. The molecule has 3 heteroatoms. The van der Waals surface area contributed by atoms with E-state index in [0.29, 0.717) is 0 Å². The molecular formula is C18H18O3. The van der Waals surface area contributed by atoms with Crippen molar-refractivity contribution in [2.75, 3.05) is 19.8 Å². The molecule has 2 aromatic carbocycles. The standard InChI is InChI=1S/C18H18O3/c19-11-3-6-17-16-5-2-1-4-14(16)7-8-18(17)21-15-9-12-20-13-10-15/h1-2,4-5,7-8,15,19H,9-13H2. The molecule has 0 aliphatic carbocycles. The largest absolute Gasteiger partial charge is 0.489 e. The van der Waals surface area contributed by atoms with Gasteiger partial charge in [0.25, 0.3) is 0 Å². The average Bonchev–Trinajstić information content (AvgIpc) is 2.55. The van der Waals surface area contributed by atoms with Crippen LogP contribution in [0.2, 0.25) is 0 Å². The molecule has 0 saturated carbocycles. The second-order valence-corrected chi connectivity index (χ2v) is 5.05. The number of fused-ring (bicyclic) bond motifs is 1. The van der Waals surface area contributed by atoms with Crippen LogP contribution in [0.3, 0.4) is 0 Å². The minimum atomic E-state index is -0.153. The summed E-state index contributed by atoms with van der Waals surface area (Å²) in [5.74, 6) is 6.57. The van der Waals surface area contributed by atoms with Crippen LogP contribution in [0.25, 0.3) is 10.8 Å². The molecule has 0 radical (unpaired) electrons. The Morgan fingerprint density at radius 3 is 2.76 bits per heavy atom. The van der Waals surface area contributed by atoms with Crippen molar-refractivity contribution in [2.24, 2.45) is 0 Å². The van der Waals surface area contributed by atoms with Crippen LogP contribution in [0.15, 0.2) is 36.4 Å². The fourth-order valence-electron chi connectivity index (χ4n) is 2.58. The van der Waals surface area contributed by atoms with Crippen LogP contribution in [0, 0.1) is 11.8 Å². The number of aliphatic hydroxyl groups excluding tert-OH is 1. The summed E-state index contributed by atoms with van der Waals surface area (Å²) in [5.41, 5.74) is 0.855. The summed E-state index contributed by atoms with van der Waals surface area (Å²) in [7, 11) is 0. The summed E-state index contributed by atoms with van der Waals surface area (Å²) in [6, 6.07) is 12.1. The lowest BCUT2D eigenvalue weighted by molar-refractivity contribution is 0.0255. The highest BCUT2D eigenvalue weighted by molar-refractivity contribution is 5.90. The van der Waals surface area contributed by atoms with Gasteiger partial charge in [-0.2, -0.15) is 0 Å². The Balaban J connectivity index is 1.99. The first-order valence-electron chi connectivity index (χ1n) is 7.24. The molecule has 0 atom stereocenters. The number of hydrogen-bond acceptors (Lipinski definition) is 3. The first-order chi connectivity index (χ1) is 10.4. The monoisotopic (exact) mass is 282 g/mol. The first kappa shape index (κ1) is 13.9. The van der Waals surface area contributed by atoms with E-state index in [-0.39, 0.29) is 12.7 Å². The van der Waals surface area contributed by atoms with E-state index in [4.69, 9.17) is 14.6 Å². The molecule has 0 spiro atoms. The summed E-state index contributed by atoms with van der Waals surface area (Å²) in [4.78, 5) is 0. The van der Waals surface area contributed by atoms with Crippen molar-refractivity contribution >= 4 is 10.8 Å². The molecule has 3 nitrogen and oxygen atoms in total. The minimum Gasteiger partial charge on any atom is -0.489 e. The number of ether oxygens (including phenoxy) is 2. The van der Waals surface area contributed by atoms with E-state index >= 15 is 0 Å². The smallest absolute Gasteiger partial charge is 0.135 e. The van der Waals surface area contributed by atoms with Gasteiger partial charge in [0.05, 0.1) is 18.8 Å². The normalized spacial score (nSPS) is 15.5. The number of hydrogen-bond donors (Lipinski definition) is 1. The highest BCUT2D eigenvalue weighted by Gasteiger charge is 2.17. The zero-order valence-corrected chi connectivity index (χ0v) is 11.8. The van der Waals surface area contributed by atoms with Gasteiger partial charge in [0.15, 0.2) is 0 Å². The van der Waals surface area contributed by atoms with Crippen LogP contribution in [-0.4, -0.2) is 31.0 Å². The molecule has 0 aromatic heterocycles. The van der Waals surface area contributed by atoms with E-state index in [1.165, 1.54) is 0 Å². The van der Waals surface area contributed by atoms with E-state index in [2.05, 4.69) is 17.9 Å². The third-order valence-electron chi connectivity index (χ3n) is 3.65. The summed E-state index contributed by atoms with van der Waals surface area (Å²) in [5, 5.41) is 11.2. The lowest BCUT2D eigenvalue weighted by Gasteiger charge is -2.24. The molecule has 1 N–H and O–H groups in total. The molecule has 21 heavy (non-hydrogen) atoms. The van der Waals surface area contributed by atoms with Gasteiger partial charge in [-0.25, -0.2) is 0 Å². The van der Waals surface area contributed by atoms with Crippen LogP contribution in [0.1, 0.15) is 18.4 Å². The van der Waals surface area contributed by atoms with Crippen molar-refractivity contribution in [1.82, 2.24) is 0 Å². The van der Waals surface area contributed by atoms with Crippen LogP contribution >= 0.6 is 0 Å². The Bertz CT molecular complexity index is 676. The maximum Gasteiger partial charge on any atom is 0.135 e. The van der Waals surface area contributed by atoms with Gasteiger partial charge < -0.3 is 14.6 Å². The van der Waals surface area contributed by atoms with E-state index < -0.39 is 0 Å². The SMILES string of the molecule is OCC#Cc1c(OC2CCOCC2)ccc2ccccc12. The van der Waals surface area contributed by atoms with Gasteiger partial charge >= 0.3 is 0 Å². The van der Waals surface area contributed by atoms with Crippen molar-refractivity contribution in [3.8, 4) is 17.6 Å². The van der Waals surface area contributed by atoms with Crippen LogP contribution in [0.4, 0.5) is 0 Å². The summed E-state index contributed by atoms with van der Waals surface area (Å²) in [6.07, 6.45) is 1.98. The number of aliphatic hydroxyl groups is 1. The molecule has 1 fully saturated rings. The molecule has 0 amide bonds. The second kappa shape index (κ2) is 6.62.